The molecule has 1 atom stereocenters. The molecule has 1 fully saturated rings. The van der Waals surface area contributed by atoms with E-state index in [9.17, 15) is 14.7 Å². The molecule has 0 unspecified atom stereocenters. The molecule has 0 heterocycles. The molecule has 1 aliphatic rings. The lowest BCUT2D eigenvalue weighted by atomic mass is 9.76. The van der Waals surface area contributed by atoms with Crippen LogP contribution in [0.5, 0.6) is 0 Å². The van der Waals surface area contributed by atoms with Crippen molar-refractivity contribution in [2.75, 3.05) is 5.73 Å². The van der Waals surface area contributed by atoms with Crippen molar-refractivity contribution in [1.29, 1.82) is 0 Å². The van der Waals surface area contributed by atoms with Crippen LogP contribution in [0.3, 0.4) is 0 Å². The van der Waals surface area contributed by atoms with Gasteiger partial charge in [0.25, 0.3) is 0 Å². The molecule has 1 aliphatic carbocycles. The number of carbonyl (C=O) groups is 2. The lowest BCUT2D eigenvalue weighted by molar-refractivity contribution is -0.151. The number of amides is 1. The van der Waals surface area contributed by atoms with E-state index in [1.54, 1.807) is 0 Å². The highest BCUT2D eigenvalue weighted by Gasteiger charge is 2.48. The topological polar surface area (TPSA) is 92.4 Å². The van der Waals surface area contributed by atoms with E-state index in [1.165, 1.54) is 0 Å². The van der Waals surface area contributed by atoms with Crippen LogP contribution in [0.4, 0.5) is 5.69 Å². The zero-order chi connectivity index (χ0) is 19.2. The fraction of sp³-hybridized carbons (Fsp3) is 0.619. The largest absolute Gasteiger partial charge is 0.479 e. The summed E-state index contributed by atoms with van der Waals surface area (Å²) < 4.78 is 0. The van der Waals surface area contributed by atoms with Crippen molar-refractivity contribution < 1.29 is 14.7 Å². The Morgan fingerprint density at radius 3 is 2.38 bits per heavy atom. The van der Waals surface area contributed by atoms with Crippen LogP contribution >= 0.6 is 0 Å². The van der Waals surface area contributed by atoms with E-state index in [-0.39, 0.29) is 17.7 Å². The molecular formula is C21H32N2O3. The number of carbonyl (C=O) groups excluding carboxylic acids is 1. The summed E-state index contributed by atoms with van der Waals surface area (Å²) >= 11 is 0. The molecule has 1 aromatic carbocycles. The Bertz CT molecular complexity index is 606. The third kappa shape index (κ3) is 5.23. The summed E-state index contributed by atoms with van der Waals surface area (Å²) in [4.78, 5) is 24.7. The summed E-state index contributed by atoms with van der Waals surface area (Å²) in [5.74, 6) is -0.800. The number of carboxylic acid groups (broad SMARTS) is 1. The Morgan fingerprint density at radius 1 is 1.23 bits per heavy atom. The van der Waals surface area contributed by atoms with Crippen LogP contribution in [0.15, 0.2) is 24.3 Å². The van der Waals surface area contributed by atoms with Crippen LogP contribution in [0.2, 0.25) is 0 Å². The highest BCUT2D eigenvalue weighted by molar-refractivity contribution is 5.87. The first-order valence-corrected chi connectivity index (χ1v) is 9.72. The molecule has 1 saturated carbocycles. The number of aliphatic carboxylic acids is 1. The average molecular weight is 360 g/mol. The van der Waals surface area contributed by atoms with Crippen LogP contribution in [-0.2, 0) is 16.0 Å². The second-order valence-corrected chi connectivity index (χ2v) is 8.00. The smallest absolute Gasteiger partial charge is 0.329 e. The van der Waals surface area contributed by atoms with Gasteiger partial charge < -0.3 is 16.2 Å². The number of anilines is 1. The van der Waals surface area contributed by atoms with Gasteiger partial charge in [-0.2, -0.15) is 0 Å². The lowest BCUT2D eigenvalue weighted by Gasteiger charge is -2.37. The van der Waals surface area contributed by atoms with Crippen molar-refractivity contribution >= 4 is 17.6 Å². The summed E-state index contributed by atoms with van der Waals surface area (Å²) in [7, 11) is 0. The normalized spacial score (nSPS) is 17.2. The number of benzene rings is 1. The predicted octanol–water partition coefficient (Wildman–Crippen LogP) is 3.77. The summed E-state index contributed by atoms with van der Waals surface area (Å²) in [5.41, 5.74) is 6.42. The quantitative estimate of drug-likeness (QED) is 0.585. The molecule has 4 N–H and O–H groups in total. The highest BCUT2D eigenvalue weighted by Crippen LogP contribution is 2.38. The van der Waals surface area contributed by atoms with Crippen molar-refractivity contribution in [1.82, 2.24) is 5.32 Å². The monoisotopic (exact) mass is 360 g/mol. The van der Waals surface area contributed by atoms with Crippen molar-refractivity contribution in [2.24, 2.45) is 11.8 Å². The van der Waals surface area contributed by atoms with E-state index in [4.69, 9.17) is 5.73 Å². The Hall–Kier alpha value is -2.04. The summed E-state index contributed by atoms with van der Waals surface area (Å²) in [6, 6.07) is 7.64. The molecule has 5 heteroatoms. The minimum atomic E-state index is -1.12. The summed E-state index contributed by atoms with van der Waals surface area (Å²) in [6.07, 6.45) is 6.14. The zero-order valence-electron chi connectivity index (χ0n) is 16.0. The molecule has 26 heavy (non-hydrogen) atoms. The highest BCUT2D eigenvalue weighted by atomic mass is 16.4. The van der Waals surface area contributed by atoms with E-state index in [0.717, 1.165) is 43.4 Å². The van der Waals surface area contributed by atoms with Gasteiger partial charge in [0.2, 0.25) is 5.91 Å². The fourth-order valence-electron chi connectivity index (χ4n) is 4.15. The van der Waals surface area contributed by atoms with Crippen molar-refractivity contribution in [3.05, 3.63) is 29.8 Å². The van der Waals surface area contributed by atoms with E-state index >= 15 is 0 Å². The van der Waals surface area contributed by atoms with E-state index in [1.807, 2.05) is 38.1 Å². The van der Waals surface area contributed by atoms with Crippen LogP contribution in [0.1, 0.15) is 64.4 Å². The van der Waals surface area contributed by atoms with Crippen LogP contribution in [0.25, 0.3) is 0 Å². The second-order valence-electron chi connectivity index (χ2n) is 8.00. The number of nitrogen functional groups attached to an aromatic ring is 1. The van der Waals surface area contributed by atoms with Gasteiger partial charge in [0.15, 0.2) is 0 Å². The van der Waals surface area contributed by atoms with Gasteiger partial charge in [-0.05, 0) is 61.6 Å². The van der Waals surface area contributed by atoms with E-state index in [0.29, 0.717) is 19.3 Å². The molecule has 0 bridgehead atoms. The zero-order valence-corrected chi connectivity index (χ0v) is 16.0. The molecule has 0 aliphatic heterocycles. The second kappa shape index (κ2) is 9.06. The Balaban J connectivity index is 1.98. The van der Waals surface area contributed by atoms with Gasteiger partial charge in [0, 0.05) is 12.1 Å². The molecule has 0 saturated heterocycles. The standard InChI is InChI=1S/C21H32N2O3/c1-15(2)14-21(20(25)26,17-7-3-4-8-17)23-19(24)9-5-6-16-10-12-18(22)13-11-16/h10-13,15,17H,3-9,14,22H2,1-2H3,(H,23,24)(H,25,26)/t21-/m0/s1. The van der Waals surface area contributed by atoms with Gasteiger partial charge in [-0.25, -0.2) is 4.79 Å². The minimum Gasteiger partial charge on any atom is -0.479 e. The Kier molecular flexibility index (Phi) is 7.06. The third-order valence-electron chi connectivity index (χ3n) is 5.38. The lowest BCUT2D eigenvalue weighted by Crippen LogP contribution is -2.59. The molecule has 0 radical (unpaired) electrons. The van der Waals surface area contributed by atoms with Crippen molar-refractivity contribution in [2.45, 2.75) is 70.8 Å². The van der Waals surface area contributed by atoms with Gasteiger partial charge in [-0.15, -0.1) is 0 Å². The molecule has 2 rings (SSSR count). The maximum Gasteiger partial charge on any atom is 0.329 e. The molecule has 0 aromatic heterocycles. The average Bonchev–Trinajstić information content (AvgIpc) is 3.10. The van der Waals surface area contributed by atoms with Crippen LogP contribution in [-0.4, -0.2) is 22.5 Å². The van der Waals surface area contributed by atoms with Gasteiger partial charge >= 0.3 is 5.97 Å². The number of rotatable bonds is 9. The summed E-state index contributed by atoms with van der Waals surface area (Å²) in [5, 5.41) is 12.9. The first-order chi connectivity index (χ1) is 12.3. The van der Waals surface area contributed by atoms with Gasteiger partial charge in [-0.1, -0.05) is 38.8 Å². The van der Waals surface area contributed by atoms with Crippen LogP contribution < -0.4 is 11.1 Å². The Morgan fingerprint density at radius 2 is 1.85 bits per heavy atom. The maximum atomic E-state index is 12.6. The molecule has 1 aromatic rings. The third-order valence-corrected chi connectivity index (χ3v) is 5.38. The minimum absolute atomic E-state index is 0.0310. The van der Waals surface area contributed by atoms with Gasteiger partial charge in [0.1, 0.15) is 5.54 Å². The van der Waals surface area contributed by atoms with E-state index < -0.39 is 11.5 Å². The number of nitrogens with one attached hydrogen (secondary N) is 1. The van der Waals surface area contributed by atoms with Crippen LogP contribution in [0, 0.1) is 11.8 Å². The predicted molar refractivity (Wildman–Crippen MR) is 104 cm³/mol. The number of aryl methyl sites for hydroxylation is 1. The number of carboxylic acids is 1. The van der Waals surface area contributed by atoms with Crippen molar-refractivity contribution in [3.63, 3.8) is 0 Å². The number of hydrogen-bond acceptors (Lipinski definition) is 3. The Labute approximate surface area is 156 Å². The van der Waals surface area contributed by atoms with Gasteiger partial charge in [-0.3, -0.25) is 4.79 Å². The number of hydrogen-bond donors (Lipinski definition) is 3. The fourth-order valence-corrected chi connectivity index (χ4v) is 4.15. The van der Waals surface area contributed by atoms with E-state index in [2.05, 4.69) is 5.32 Å². The SMILES string of the molecule is CC(C)C[C@@](NC(=O)CCCc1ccc(N)cc1)(C(=O)O)C1CCCC1. The molecule has 5 nitrogen and oxygen atoms in total. The molecule has 0 spiro atoms. The number of nitrogens with two attached hydrogens (primary N) is 1. The first-order valence-electron chi connectivity index (χ1n) is 9.72. The maximum absolute atomic E-state index is 12.6. The van der Waals surface area contributed by atoms with Crippen molar-refractivity contribution in [3.8, 4) is 0 Å². The van der Waals surface area contributed by atoms with Gasteiger partial charge in [0.05, 0.1) is 0 Å². The first kappa shape index (κ1) is 20.3. The molecule has 144 valence electrons. The molecular weight excluding hydrogens is 328 g/mol. The summed E-state index contributed by atoms with van der Waals surface area (Å²) in [6.45, 7) is 4.03. The molecule has 1 amide bonds.